The van der Waals surface area contributed by atoms with Crippen LogP contribution in [0.3, 0.4) is 0 Å². The molecule has 0 heterocycles. The molecular formula is C19H20O2. The summed E-state index contributed by atoms with van der Waals surface area (Å²) in [6.45, 7) is 2.77. The molecule has 0 aliphatic carbocycles. The molecule has 2 rings (SSSR count). The van der Waals surface area contributed by atoms with Crippen molar-refractivity contribution in [1.29, 1.82) is 0 Å². The normalized spacial score (nSPS) is 9.81. The lowest BCUT2D eigenvalue weighted by Crippen LogP contribution is -1.96. The van der Waals surface area contributed by atoms with Crippen molar-refractivity contribution in [2.24, 2.45) is 0 Å². The molecule has 0 unspecified atom stereocenters. The monoisotopic (exact) mass is 280 g/mol. The van der Waals surface area contributed by atoms with E-state index in [0.29, 0.717) is 13.0 Å². The van der Waals surface area contributed by atoms with Gasteiger partial charge in [-0.1, -0.05) is 43.0 Å². The summed E-state index contributed by atoms with van der Waals surface area (Å²) in [4.78, 5) is 0. The van der Waals surface area contributed by atoms with Crippen molar-refractivity contribution in [2.75, 3.05) is 6.61 Å². The molecule has 0 bridgehead atoms. The van der Waals surface area contributed by atoms with Crippen molar-refractivity contribution >= 4 is 0 Å². The van der Waals surface area contributed by atoms with Gasteiger partial charge in [0.05, 0.1) is 6.61 Å². The first-order valence-corrected chi connectivity index (χ1v) is 7.22. The number of aliphatic hydroxyl groups excluding tert-OH is 1. The zero-order chi connectivity index (χ0) is 14.9. The van der Waals surface area contributed by atoms with Crippen molar-refractivity contribution in [3.8, 4) is 17.6 Å². The van der Waals surface area contributed by atoms with Crippen LogP contribution in [0.4, 0.5) is 0 Å². The van der Waals surface area contributed by atoms with Crippen molar-refractivity contribution in [3.05, 3.63) is 65.2 Å². The predicted molar refractivity (Wildman–Crippen MR) is 85.2 cm³/mol. The molecule has 0 amide bonds. The number of hydrogen-bond acceptors (Lipinski definition) is 2. The first kappa shape index (κ1) is 15.2. The van der Waals surface area contributed by atoms with Crippen molar-refractivity contribution in [2.45, 2.75) is 26.4 Å². The third-order valence-corrected chi connectivity index (χ3v) is 3.13. The first-order valence-electron chi connectivity index (χ1n) is 7.22. The highest BCUT2D eigenvalue weighted by Gasteiger charge is 1.97. The van der Waals surface area contributed by atoms with Gasteiger partial charge in [-0.25, -0.2) is 0 Å². The Balaban J connectivity index is 1.96. The van der Waals surface area contributed by atoms with Crippen LogP contribution in [0.5, 0.6) is 5.75 Å². The van der Waals surface area contributed by atoms with Crippen LogP contribution in [-0.4, -0.2) is 11.7 Å². The topological polar surface area (TPSA) is 29.5 Å². The molecule has 2 nitrogen and oxygen atoms in total. The minimum atomic E-state index is 0.101. The van der Waals surface area contributed by atoms with Gasteiger partial charge in [0.25, 0.3) is 0 Å². The fourth-order valence-electron chi connectivity index (χ4n) is 1.95. The van der Waals surface area contributed by atoms with Crippen molar-refractivity contribution < 1.29 is 9.84 Å². The fourth-order valence-corrected chi connectivity index (χ4v) is 1.95. The second-order valence-electron chi connectivity index (χ2n) is 4.76. The fraction of sp³-hybridized carbons (Fsp3) is 0.263. The summed E-state index contributed by atoms with van der Waals surface area (Å²) < 4.78 is 5.78. The molecule has 21 heavy (non-hydrogen) atoms. The van der Waals surface area contributed by atoms with E-state index in [2.05, 4.69) is 30.9 Å². The second-order valence-corrected chi connectivity index (χ2v) is 4.76. The highest BCUT2D eigenvalue weighted by molar-refractivity contribution is 5.37. The maximum Gasteiger partial charge on any atom is 0.119 e. The van der Waals surface area contributed by atoms with E-state index in [0.717, 1.165) is 23.3 Å². The molecule has 0 saturated carbocycles. The van der Waals surface area contributed by atoms with Gasteiger partial charge in [-0.3, -0.25) is 0 Å². The van der Waals surface area contributed by atoms with Gasteiger partial charge in [0.1, 0.15) is 12.4 Å². The van der Waals surface area contributed by atoms with Gasteiger partial charge in [-0.15, -0.1) is 0 Å². The first-order chi connectivity index (χ1) is 10.3. The third-order valence-electron chi connectivity index (χ3n) is 3.13. The number of hydrogen-bond donors (Lipinski definition) is 1. The Labute approximate surface area is 126 Å². The van der Waals surface area contributed by atoms with Crippen LogP contribution in [0, 0.1) is 11.8 Å². The molecule has 0 aromatic heterocycles. The number of aryl methyl sites for hydroxylation is 1. The van der Waals surface area contributed by atoms with E-state index < -0.39 is 0 Å². The minimum absolute atomic E-state index is 0.101. The molecular weight excluding hydrogens is 260 g/mol. The summed E-state index contributed by atoms with van der Waals surface area (Å²) in [7, 11) is 0. The Kier molecular flexibility index (Phi) is 5.87. The Morgan fingerprint density at radius 3 is 2.57 bits per heavy atom. The molecule has 1 N–H and O–H groups in total. The van der Waals surface area contributed by atoms with Gasteiger partial charge in [0.2, 0.25) is 0 Å². The van der Waals surface area contributed by atoms with Gasteiger partial charge < -0.3 is 9.84 Å². The van der Waals surface area contributed by atoms with Crippen LogP contribution in [0.1, 0.15) is 30.0 Å². The van der Waals surface area contributed by atoms with Gasteiger partial charge in [-0.05, 0) is 41.8 Å². The van der Waals surface area contributed by atoms with Crippen LogP contribution >= 0.6 is 0 Å². The van der Waals surface area contributed by atoms with Gasteiger partial charge in [-0.2, -0.15) is 0 Å². The average Bonchev–Trinajstić information content (AvgIpc) is 2.54. The second kappa shape index (κ2) is 8.14. The molecule has 2 heteroatoms. The van der Waals surface area contributed by atoms with E-state index in [9.17, 15) is 0 Å². The summed E-state index contributed by atoms with van der Waals surface area (Å²) in [5.74, 6) is 6.84. The quantitative estimate of drug-likeness (QED) is 0.849. The van der Waals surface area contributed by atoms with Gasteiger partial charge in [0.15, 0.2) is 0 Å². The third kappa shape index (κ3) is 4.98. The molecule has 0 spiro atoms. The van der Waals surface area contributed by atoms with Gasteiger partial charge >= 0.3 is 0 Å². The van der Waals surface area contributed by atoms with E-state index in [1.165, 1.54) is 5.56 Å². The summed E-state index contributed by atoms with van der Waals surface area (Å²) in [6, 6.07) is 16.2. The maximum absolute atomic E-state index is 8.72. The van der Waals surface area contributed by atoms with Crippen LogP contribution in [-0.2, 0) is 13.0 Å². The van der Waals surface area contributed by atoms with E-state index in [-0.39, 0.29) is 6.61 Å². The molecule has 0 fully saturated rings. The van der Waals surface area contributed by atoms with Crippen LogP contribution in [0.25, 0.3) is 0 Å². The highest BCUT2D eigenvalue weighted by atomic mass is 16.5. The average molecular weight is 280 g/mol. The van der Waals surface area contributed by atoms with Crippen molar-refractivity contribution in [3.63, 3.8) is 0 Å². The lowest BCUT2D eigenvalue weighted by atomic mass is 10.1. The Bertz CT molecular complexity index is 618. The van der Waals surface area contributed by atoms with Crippen LogP contribution < -0.4 is 4.74 Å². The maximum atomic E-state index is 8.72. The zero-order valence-electron chi connectivity index (χ0n) is 12.3. The summed E-state index contributed by atoms with van der Waals surface area (Å²) >= 11 is 0. The Hall–Kier alpha value is -2.24. The lowest BCUT2D eigenvalue weighted by molar-refractivity contribution is 0.305. The molecule has 0 aliphatic heterocycles. The summed E-state index contributed by atoms with van der Waals surface area (Å²) in [6.07, 6.45) is 1.54. The molecule has 0 radical (unpaired) electrons. The number of aliphatic hydroxyl groups is 1. The standard InChI is InChI=1S/C19H20O2/c1-2-16-9-11-19(12-10-16)21-15-18-8-5-7-17(14-18)6-3-4-13-20/h5,7-12,14,20H,2,4,13,15H2,1H3. The van der Waals surface area contributed by atoms with E-state index in [1.807, 2.05) is 36.4 Å². The molecule has 0 saturated heterocycles. The SMILES string of the molecule is CCc1ccc(OCc2cccc(C#CCCO)c2)cc1. The molecule has 2 aromatic rings. The van der Waals surface area contributed by atoms with Crippen LogP contribution in [0.15, 0.2) is 48.5 Å². The largest absolute Gasteiger partial charge is 0.489 e. The molecule has 108 valence electrons. The number of ether oxygens (including phenoxy) is 1. The number of rotatable bonds is 5. The Morgan fingerprint density at radius 2 is 1.86 bits per heavy atom. The highest BCUT2D eigenvalue weighted by Crippen LogP contribution is 2.15. The van der Waals surface area contributed by atoms with Crippen molar-refractivity contribution in [1.82, 2.24) is 0 Å². The van der Waals surface area contributed by atoms with Crippen LogP contribution in [0.2, 0.25) is 0 Å². The smallest absolute Gasteiger partial charge is 0.119 e. The number of benzene rings is 2. The molecule has 0 aliphatic rings. The lowest BCUT2D eigenvalue weighted by Gasteiger charge is -2.07. The zero-order valence-corrected chi connectivity index (χ0v) is 12.3. The summed E-state index contributed by atoms with van der Waals surface area (Å²) in [5, 5.41) is 8.72. The van der Waals surface area contributed by atoms with E-state index >= 15 is 0 Å². The minimum Gasteiger partial charge on any atom is -0.489 e. The summed E-state index contributed by atoms with van der Waals surface area (Å²) in [5.41, 5.74) is 3.35. The van der Waals surface area contributed by atoms with E-state index in [4.69, 9.17) is 9.84 Å². The van der Waals surface area contributed by atoms with E-state index in [1.54, 1.807) is 0 Å². The molecule has 2 aromatic carbocycles. The molecule has 0 atom stereocenters. The predicted octanol–water partition coefficient (Wildman–Crippen LogP) is 3.56. The Morgan fingerprint density at radius 1 is 1.05 bits per heavy atom. The van der Waals surface area contributed by atoms with Gasteiger partial charge in [0, 0.05) is 12.0 Å².